The van der Waals surface area contributed by atoms with Crippen LogP contribution in [0.25, 0.3) is 0 Å². The first-order valence-electron chi connectivity index (χ1n) is 5.23. The van der Waals surface area contributed by atoms with E-state index in [2.05, 4.69) is 28.1 Å². The molecule has 0 aromatic carbocycles. The Bertz CT molecular complexity index is 352. The minimum absolute atomic E-state index is 0.158. The Morgan fingerprint density at radius 2 is 2.14 bits per heavy atom. The third kappa shape index (κ3) is 1.55. The molecule has 2 aliphatic carbocycles. The van der Waals surface area contributed by atoms with E-state index in [9.17, 15) is 0 Å². The lowest BCUT2D eigenvalue weighted by Gasteiger charge is -2.21. The molecular formula is C11H14BrNS. The fourth-order valence-electron chi connectivity index (χ4n) is 2.37. The van der Waals surface area contributed by atoms with Crippen molar-refractivity contribution >= 4 is 27.3 Å². The molecule has 1 heterocycles. The molecule has 2 saturated carbocycles. The maximum absolute atomic E-state index is 6.36. The van der Waals surface area contributed by atoms with Gasteiger partial charge in [-0.3, -0.25) is 0 Å². The molecule has 14 heavy (non-hydrogen) atoms. The monoisotopic (exact) mass is 271 g/mol. The maximum Gasteiger partial charge on any atom is 0.0701 e. The standard InChI is InChI=1S/C11H14BrNS/c12-9-4-3-8(14-9)10(7-1-2-7)11(13)5-6-11/h3-4,7,10H,1-2,5-6,13H2. The van der Waals surface area contributed by atoms with Gasteiger partial charge in [0.25, 0.3) is 0 Å². The van der Waals surface area contributed by atoms with Gasteiger partial charge in [0, 0.05) is 16.3 Å². The van der Waals surface area contributed by atoms with Crippen LogP contribution >= 0.6 is 27.3 Å². The Labute approximate surface area is 96.8 Å². The highest BCUT2D eigenvalue weighted by Gasteiger charge is 2.52. The lowest BCUT2D eigenvalue weighted by molar-refractivity contribution is 0.475. The molecule has 0 radical (unpaired) electrons. The molecule has 2 aliphatic rings. The molecule has 0 aliphatic heterocycles. The molecule has 2 N–H and O–H groups in total. The number of nitrogens with two attached hydrogens (primary N) is 1. The van der Waals surface area contributed by atoms with Gasteiger partial charge in [-0.25, -0.2) is 0 Å². The molecule has 3 heteroatoms. The summed E-state index contributed by atoms with van der Waals surface area (Å²) in [6.45, 7) is 0. The lowest BCUT2D eigenvalue weighted by atomic mass is 9.91. The maximum atomic E-state index is 6.36. The van der Waals surface area contributed by atoms with Crippen molar-refractivity contribution < 1.29 is 0 Å². The van der Waals surface area contributed by atoms with E-state index in [0.29, 0.717) is 5.92 Å². The van der Waals surface area contributed by atoms with Gasteiger partial charge in [-0.15, -0.1) is 11.3 Å². The minimum Gasteiger partial charge on any atom is -0.325 e. The van der Waals surface area contributed by atoms with Gasteiger partial charge in [0.05, 0.1) is 3.79 Å². The van der Waals surface area contributed by atoms with E-state index in [1.54, 1.807) is 0 Å². The van der Waals surface area contributed by atoms with Gasteiger partial charge in [0.15, 0.2) is 0 Å². The van der Waals surface area contributed by atoms with Crippen molar-refractivity contribution in [1.82, 2.24) is 0 Å². The van der Waals surface area contributed by atoms with Gasteiger partial charge in [0.1, 0.15) is 0 Å². The fourth-order valence-corrected chi connectivity index (χ4v) is 4.11. The normalized spacial score (nSPS) is 26.1. The molecule has 0 saturated heterocycles. The van der Waals surface area contributed by atoms with Crippen LogP contribution in [0.2, 0.25) is 0 Å². The van der Waals surface area contributed by atoms with Crippen molar-refractivity contribution in [2.24, 2.45) is 11.7 Å². The second kappa shape index (κ2) is 3.06. The van der Waals surface area contributed by atoms with Gasteiger partial charge >= 0.3 is 0 Å². The predicted molar refractivity (Wildman–Crippen MR) is 63.6 cm³/mol. The zero-order valence-corrected chi connectivity index (χ0v) is 10.4. The third-order valence-electron chi connectivity index (χ3n) is 3.44. The zero-order valence-electron chi connectivity index (χ0n) is 8.00. The van der Waals surface area contributed by atoms with E-state index in [0.717, 1.165) is 5.92 Å². The summed E-state index contributed by atoms with van der Waals surface area (Å²) in [7, 11) is 0. The summed E-state index contributed by atoms with van der Waals surface area (Å²) in [6.07, 6.45) is 5.23. The van der Waals surface area contributed by atoms with Gasteiger partial charge in [-0.2, -0.15) is 0 Å². The first-order valence-corrected chi connectivity index (χ1v) is 6.84. The molecule has 1 unspecified atom stereocenters. The highest BCUT2D eigenvalue weighted by Crippen LogP contribution is 2.57. The van der Waals surface area contributed by atoms with Crippen LogP contribution in [0.15, 0.2) is 15.9 Å². The summed E-state index contributed by atoms with van der Waals surface area (Å²) in [4.78, 5) is 1.50. The number of hydrogen-bond donors (Lipinski definition) is 1. The summed E-state index contributed by atoms with van der Waals surface area (Å²) in [5.41, 5.74) is 6.52. The predicted octanol–water partition coefficient (Wildman–Crippen LogP) is 3.50. The highest BCUT2D eigenvalue weighted by atomic mass is 79.9. The molecule has 0 spiro atoms. The summed E-state index contributed by atoms with van der Waals surface area (Å²) >= 11 is 5.40. The van der Waals surface area contributed by atoms with Crippen LogP contribution in [-0.2, 0) is 0 Å². The van der Waals surface area contributed by atoms with Gasteiger partial charge < -0.3 is 5.73 Å². The number of thiophene rings is 1. The molecule has 0 amide bonds. The van der Waals surface area contributed by atoms with Gasteiger partial charge in [-0.1, -0.05) is 0 Å². The molecule has 2 fully saturated rings. The Morgan fingerprint density at radius 3 is 2.57 bits per heavy atom. The molecule has 1 aromatic heterocycles. The van der Waals surface area contributed by atoms with Gasteiger partial charge in [-0.05, 0) is 59.7 Å². The Kier molecular flexibility index (Phi) is 2.05. The first kappa shape index (κ1) is 9.37. The van der Waals surface area contributed by atoms with E-state index in [1.807, 2.05) is 11.3 Å². The molecule has 1 atom stereocenters. The molecule has 1 nitrogen and oxygen atoms in total. The fraction of sp³-hybridized carbons (Fsp3) is 0.636. The highest BCUT2D eigenvalue weighted by molar-refractivity contribution is 9.11. The third-order valence-corrected chi connectivity index (χ3v) is 5.15. The second-order valence-electron chi connectivity index (χ2n) is 4.69. The van der Waals surface area contributed by atoms with E-state index < -0.39 is 0 Å². The van der Waals surface area contributed by atoms with Crippen molar-refractivity contribution in [2.45, 2.75) is 37.1 Å². The molecule has 1 aromatic rings. The second-order valence-corrected chi connectivity index (χ2v) is 7.18. The number of hydrogen-bond acceptors (Lipinski definition) is 2. The van der Waals surface area contributed by atoms with Crippen LogP contribution in [0.1, 0.15) is 36.5 Å². The molecule has 76 valence electrons. The number of halogens is 1. The van der Waals surface area contributed by atoms with Crippen molar-refractivity contribution in [3.8, 4) is 0 Å². The molecular weight excluding hydrogens is 258 g/mol. The number of rotatable bonds is 3. The van der Waals surface area contributed by atoms with E-state index in [4.69, 9.17) is 5.73 Å². The average Bonchev–Trinajstić information content (AvgIpc) is 3.02. The SMILES string of the molecule is NC1(C(c2ccc(Br)s2)C2CC2)CC1. The van der Waals surface area contributed by atoms with Gasteiger partial charge in [0.2, 0.25) is 0 Å². The average molecular weight is 272 g/mol. The van der Waals surface area contributed by atoms with Crippen LogP contribution in [0, 0.1) is 5.92 Å². The van der Waals surface area contributed by atoms with Crippen LogP contribution in [0.5, 0.6) is 0 Å². The van der Waals surface area contributed by atoms with Crippen molar-refractivity contribution in [1.29, 1.82) is 0 Å². The van der Waals surface area contributed by atoms with Crippen LogP contribution in [0.3, 0.4) is 0 Å². The molecule has 3 rings (SSSR count). The van der Waals surface area contributed by atoms with Crippen LogP contribution < -0.4 is 5.73 Å². The van der Waals surface area contributed by atoms with Crippen molar-refractivity contribution in [3.63, 3.8) is 0 Å². The van der Waals surface area contributed by atoms with Crippen molar-refractivity contribution in [3.05, 3.63) is 20.8 Å². The minimum atomic E-state index is 0.158. The summed E-state index contributed by atoms with van der Waals surface area (Å²) in [6, 6.07) is 4.41. The summed E-state index contributed by atoms with van der Waals surface area (Å²) < 4.78 is 1.24. The van der Waals surface area contributed by atoms with Crippen LogP contribution in [-0.4, -0.2) is 5.54 Å². The quantitative estimate of drug-likeness (QED) is 0.895. The smallest absolute Gasteiger partial charge is 0.0701 e. The first-order chi connectivity index (χ1) is 6.69. The van der Waals surface area contributed by atoms with E-state index in [-0.39, 0.29) is 5.54 Å². The largest absolute Gasteiger partial charge is 0.325 e. The zero-order chi connectivity index (χ0) is 9.76. The Morgan fingerprint density at radius 1 is 1.43 bits per heavy atom. The van der Waals surface area contributed by atoms with Crippen LogP contribution in [0.4, 0.5) is 0 Å². The van der Waals surface area contributed by atoms with Crippen molar-refractivity contribution in [2.75, 3.05) is 0 Å². The summed E-state index contributed by atoms with van der Waals surface area (Å²) in [5, 5.41) is 0. The topological polar surface area (TPSA) is 26.0 Å². The van der Waals surface area contributed by atoms with E-state index >= 15 is 0 Å². The Hall–Kier alpha value is 0.140. The molecule has 0 bridgehead atoms. The Balaban J connectivity index is 1.91. The lowest BCUT2D eigenvalue weighted by Crippen LogP contribution is -2.31. The summed E-state index contributed by atoms with van der Waals surface area (Å²) in [5.74, 6) is 1.53. The van der Waals surface area contributed by atoms with E-state index in [1.165, 1.54) is 34.3 Å².